The van der Waals surface area contributed by atoms with Gasteiger partial charge >= 0.3 is 0 Å². The Morgan fingerprint density at radius 3 is 2.40 bits per heavy atom. The van der Waals surface area contributed by atoms with Crippen molar-refractivity contribution >= 4 is 0 Å². The summed E-state index contributed by atoms with van der Waals surface area (Å²) in [4.78, 5) is 2.20. The molecule has 1 aliphatic heterocycles. The van der Waals surface area contributed by atoms with Crippen molar-refractivity contribution in [1.82, 2.24) is 4.90 Å². The number of rotatable bonds is 2. The highest BCUT2D eigenvalue weighted by Crippen LogP contribution is 2.29. The lowest BCUT2D eigenvalue weighted by Crippen LogP contribution is -2.41. The minimum atomic E-state index is -0.978. The van der Waals surface area contributed by atoms with Gasteiger partial charge in [-0.3, -0.25) is 0 Å². The molecule has 0 bridgehead atoms. The summed E-state index contributed by atoms with van der Waals surface area (Å²) in [7, 11) is 2.06. The molecule has 1 aromatic rings. The third-order valence-electron chi connectivity index (χ3n) is 3.25. The van der Waals surface area contributed by atoms with Crippen LogP contribution in [0.4, 0.5) is 4.39 Å². The van der Waals surface area contributed by atoms with Crippen molar-refractivity contribution in [2.45, 2.75) is 24.9 Å². The number of alkyl halides is 1. The van der Waals surface area contributed by atoms with Crippen LogP contribution in [0, 0.1) is 0 Å². The molecule has 0 saturated carbocycles. The molecule has 0 aliphatic carbocycles. The normalized spacial score (nSPS) is 21.5. The Morgan fingerprint density at radius 1 is 1.20 bits per heavy atom. The molecule has 1 aromatic carbocycles. The van der Waals surface area contributed by atoms with Crippen LogP contribution in [0.25, 0.3) is 0 Å². The zero-order valence-corrected chi connectivity index (χ0v) is 9.25. The molecule has 1 aliphatic rings. The molecule has 0 N–H and O–H groups in total. The lowest BCUT2D eigenvalue weighted by atomic mass is 9.87. The molecule has 82 valence electrons. The monoisotopic (exact) mass is 207 g/mol. The minimum Gasteiger partial charge on any atom is -0.306 e. The van der Waals surface area contributed by atoms with Crippen molar-refractivity contribution in [3.05, 3.63) is 35.9 Å². The largest absolute Gasteiger partial charge is 0.306 e. The summed E-state index contributed by atoms with van der Waals surface area (Å²) in [6.07, 6.45) is 1.90. The van der Waals surface area contributed by atoms with E-state index in [9.17, 15) is 4.39 Å². The number of halogens is 1. The van der Waals surface area contributed by atoms with Crippen molar-refractivity contribution in [3.63, 3.8) is 0 Å². The van der Waals surface area contributed by atoms with Gasteiger partial charge in [-0.2, -0.15) is 0 Å². The van der Waals surface area contributed by atoms with Crippen LogP contribution in [0.2, 0.25) is 0 Å². The highest BCUT2D eigenvalue weighted by atomic mass is 19.1. The predicted octanol–water partition coefficient (Wildman–Crippen LogP) is 2.66. The fourth-order valence-corrected chi connectivity index (χ4v) is 2.16. The molecular formula is C13H18FN. The molecule has 0 radical (unpaired) electrons. The van der Waals surface area contributed by atoms with Gasteiger partial charge in [-0.05, 0) is 25.5 Å². The molecule has 1 nitrogen and oxygen atoms in total. The summed E-state index contributed by atoms with van der Waals surface area (Å²) in [5.41, 5.74) is 0.137. The molecule has 0 atom stereocenters. The van der Waals surface area contributed by atoms with E-state index in [1.165, 1.54) is 0 Å². The van der Waals surface area contributed by atoms with Crippen LogP contribution in [0.1, 0.15) is 18.4 Å². The zero-order chi connectivity index (χ0) is 10.7. The summed E-state index contributed by atoms with van der Waals surface area (Å²) >= 11 is 0. The maximum absolute atomic E-state index is 14.4. The maximum atomic E-state index is 14.4. The van der Waals surface area contributed by atoms with Gasteiger partial charge in [0.2, 0.25) is 0 Å². The standard InChI is InChI=1S/C13H18FN/c1-15-9-7-13(14,8-10-15)11-12-5-3-2-4-6-12/h2-6H,7-11H2,1H3. The average Bonchev–Trinajstić information content (AvgIpc) is 2.24. The van der Waals surface area contributed by atoms with Gasteiger partial charge < -0.3 is 4.90 Å². The predicted molar refractivity (Wildman–Crippen MR) is 60.7 cm³/mol. The SMILES string of the molecule is CN1CCC(F)(Cc2ccccc2)CC1. The molecule has 2 heteroatoms. The second kappa shape index (κ2) is 4.31. The Kier molecular flexibility index (Phi) is 3.06. The number of benzene rings is 1. The van der Waals surface area contributed by atoms with Gasteiger partial charge in [0.15, 0.2) is 0 Å². The molecule has 0 aromatic heterocycles. The number of nitrogens with zero attached hydrogens (tertiary/aromatic N) is 1. The van der Waals surface area contributed by atoms with Crippen LogP contribution in [0.15, 0.2) is 30.3 Å². The van der Waals surface area contributed by atoms with E-state index >= 15 is 0 Å². The number of piperidine rings is 1. The smallest absolute Gasteiger partial charge is 0.117 e. The minimum absolute atomic E-state index is 0.571. The Hall–Kier alpha value is -0.890. The molecule has 1 fully saturated rings. The van der Waals surface area contributed by atoms with E-state index in [0.29, 0.717) is 19.3 Å². The van der Waals surface area contributed by atoms with Crippen LogP contribution in [-0.2, 0) is 6.42 Å². The fourth-order valence-electron chi connectivity index (χ4n) is 2.16. The Bertz CT molecular complexity index is 302. The quantitative estimate of drug-likeness (QED) is 0.720. The Morgan fingerprint density at radius 2 is 1.80 bits per heavy atom. The topological polar surface area (TPSA) is 3.24 Å². The fraction of sp³-hybridized carbons (Fsp3) is 0.538. The summed E-state index contributed by atoms with van der Waals surface area (Å²) in [5, 5.41) is 0. The number of hydrogen-bond acceptors (Lipinski definition) is 1. The van der Waals surface area contributed by atoms with Gasteiger partial charge in [0.1, 0.15) is 5.67 Å². The lowest BCUT2D eigenvalue weighted by Gasteiger charge is -2.34. The highest BCUT2D eigenvalue weighted by Gasteiger charge is 2.33. The van der Waals surface area contributed by atoms with E-state index in [4.69, 9.17) is 0 Å². The molecule has 0 amide bonds. The third-order valence-corrected chi connectivity index (χ3v) is 3.25. The van der Waals surface area contributed by atoms with E-state index < -0.39 is 5.67 Å². The van der Waals surface area contributed by atoms with Crippen molar-refractivity contribution in [2.75, 3.05) is 20.1 Å². The Labute approximate surface area is 90.9 Å². The van der Waals surface area contributed by atoms with E-state index in [0.717, 1.165) is 18.7 Å². The molecule has 1 heterocycles. The molecule has 1 saturated heterocycles. The van der Waals surface area contributed by atoms with Crippen LogP contribution < -0.4 is 0 Å². The summed E-state index contributed by atoms with van der Waals surface area (Å²) in [6, 6.07) is 9.96. The highest BCUT2D eigenvalue weighted by molar-refractivity contribution is 5.17. The van der Waals surface area contributed by atoms with Crippen LogP contribution in [0.3, 0.4) is 0 Å². The molecular weight excluding hydrogens is 189 g/mol. The molecule has 15 heavy (non-hydrogen) atoms. The zero-order valence-electron chi connectivity index (χ0n) is 9.25. The van der Waals surface area contributed by atoms with E-state index in [-0.39, 0.29) is 0 Å². The first-order chi connectivity index (χ1) is 7.18. The van der Waals surface area contributed by atoms with Gasteiger partial charge in [0, 0.05) is 19.5 Å². The van der Waals surface area contributed by atoms with Gasteiger partial charge in [-0.1, -0.05) is 30.3 Å². The first kappa shape index (κ1) is 10.6. The maximum Gasteiger partial charge on any atom is 0.117 e. The molecule has 0 unspecified atom stereocenters. The average molecular weight is 207 g/mol. The molecule has 2 rings (SSSR count). The first-order valence-corrected chi connectivity index (χ1v) is 5.59. The van der Waals surface area contributed by atoms with E-state index in [1.54, 1.807) is 0 Å². The summed E-state index contributed by atoms with van der Waals surface area (Å²) in [5.74, 6) is 0. The van der Waals surface area contributed by atoms with Crippen LogP contribution in [0.5, 0.6) is 0 Å². The van der Waals surface area contributed by atoms with Crippen LogP contribution >= 0.6 is 0 Å². The van der Waals surface area contributed by atoms with Crippen molar-refractivity contribution in [2.24, 2.45) is 0 Å². The van der Waals surface area contributed by atoms with Crippen molar-refractivity contribution in [3.8, 4) is 0 Å². The van der Waals surface area contributed by atoms with Gasteiger partial charge in [-0.15, -0.1) is 0 Å². The Balaban J connectivity index is 1.99. The second-order valence-electron chi connectivity index (χ2n) is 4.62. The second-order valence-corrected chi connectivity index (χ2v) is 4.62. The summed E-state index contributed by atoms with van der Waals surface area (Å²) in [6.45, 7) is 1.76. The van der Waals surface area contributed by atoms with E-state index in [1.807, 2.05) is 30.3 Å². The number of hydrogen-bond donors (Lipinski definition) is 0. The van der Waals surface area contributed by atoms with Crippen molar-refractivity contribution < 1.29 is 4.39 Å². The molecule has 0 spiro atoms. The first-order valence-electron chi connectivity index (χ1n) is 5.59. The summed E-state index contributed by atoms with van der Waals surface area (Å²) < 4.78 is 14.4. The number of likely N-dealkylation sites (tertiary alicyclic amines) is 1. The third kappa shape index (κ3) is 2.78. The van der Waals surface area contributed by atoms with Crippen LogP contribution in [-0.4, -0.2) is 30.7 Å². The van der Waals surface area contributed by atoms with Gasteiger partial charge in [0.05, 0.1) is 0 Å². The van der Waals surface area contributed by atoms with Gasteiger partial charge in [-0.25, -0.2) is 4.39 Å². The van der Waals surface area contributed by atoms with Gasteiger partial charge in [0.25, 0.3) is 0 Å². The van der Waals surface area contributed by atoms with E-state index in [2.05, 4.69) is 11.9 Å². The lowest BCUT2D eigenvalue weighted by molar-refractivity contribution is 0.0698. The van der Waals surface area contributed by atoms with Crippen molar-refractivity contribution in [1.29, 1.82) is 0 Å².